The Morgan fingerprint density at radius 2 is 2.05 bits per heavy atom. The van der Waals surface area contributed by atoms with Crippen LogP contribution in [0.2, 0.25) is 0 Å². The maximum atomic E-state index is 9.63. The van der Waals surface area contributed by atoms with Crippen LogP contribution in [-0.4, -0.2) is 39.3 Å². The Balaban J connectivity index is 1.82. The summed E-state index contributed by atoms with van der Waals surface area (Å²) in [5.74, 6) is 1.02. The predicted molar refractivity (Wildman–Crippen MR) is 88.0 cm³/mol. The molecule has 4 nitrogen and oxygen atoms in total. The quantitative estimate of drug-likeness (QED) is 0.944. The van der Waals surface area contributed by atoms with Crippen LogP contribution in [0.25, 0.3) is 5.69 Å². The van der Waals surface area contributed by atoms with Crippen LogP contribution in [0.15, 0.2) is 36.5 Å². The van der Waals surface area contributed by atoms with E-state index in [2.05, 4.69) is 45.6 Å². The molecular formula is C18H25N3O. The molecule has 0 bridgehead atoms. The highest BCUT2D eigenvalue weighted by Crippen LogP contribution is 2.29. The number of rotatable bonds is 4. The molecule has 0 aliphatic carbocycles. The SMILES string of the molecule is Cc1ncc(CN2CCCC(C)(CO)C2)n1-c1ccccc1. The van der Waals surface area contributed by atoms with E-state index in [4.69, 9.17) is 0 Å². The monoisotopic (exact) mass is 299 g/mol. The van der Waals surface area contributed by atoms with Crippen LogP contribution in [0.4, 0.5) is 0 Å². The number of benzene rings is 1. The number of nitrogens with zero attached hydrogens (tertiary/aromatic N) is 3. The van der Waals surface area contributed by atoms with E-state index in [-0.39, 0.29) is 12.0 Å². The average molecular weight is 299 g/mol. The van der Waals surface area contributed by atoms with Crippen molar-refractivity contribution in [2.75, 3.05) is 19.7 Å². The van der Waals surface area contributed by atoms with Gasteiger partial charge in [-0.2, -0.15) is 0 Å². The third kappa shape index (κ3) is 3.08. The Hall–Kier alpha value is -1.65. The summed E-state index contributed by atoms with van der Waals surface area (Å²) in [5, 5.41) is 9.63. The highest BCUT2D eigenvalue weighted by molar-refractivity contribution is 5.35. The summed E-state index contributed by atoms with van der Waals surface area (Å²) in [4.78, 5) is 6.94. The topological polar surface area (TPSA) is 41.3 Å². The summed E-state index contributed by atoms with van der Waals surface area (Å²) in [7, 11) is 0. The molecule has 1 aliphatic heterocycles. The van der Waals surface area contributed by atoms with Crippen LogP contribution in [0, 0.1) is 12.3 Å². The first-order valence-corrected chi connectivity index (χ1v) is 8.03. The van der Waals surface area contributed by atoms with E-state index in [1.807, 2.05) is 19.2 Å². The zero-order chi connectivity index (χ0) is 15.6. The normalized spacial score (nSPS) is 22.9. The smallest absolute Gasteiger partial charge is 0.110 e. The fraction of sp³-hybridized carbons (Fsp3) is 0.500. The van der Waals surface area contributed by atoms with Crippen molar-refractivity contribution < 1.29 is 5.11 Å². The standard InChI is InChI=1S/C18H25N3O/c1-15-19-11-17(21(15)16-7-4-3-5-8-16)12-20-10-6-9-18(2,13-20)14-22/h3-5,7-8,11,22H,6,9-10,12-14H2,1-2H3. The molecule has 4 heteroatoms. The van der Waals surface area contributed by atoms with Gasteiger partial charge in [0.15, 0.2) is 0 Å². The number of aliphatic hydroxyl groups is 1. The molecule has 118 valence electrons. The lowest BCUT2D eigenvalue weighted by Gasteiger charge is -2.39. The van der Waals surface area contributed by atoms with Crippen molar-refractivity contribution in [1.82, 2.24) is 14.5 Å². The second kappa shape index (κ2) is 6.23. The molecule has 1 aromatic heterocycles. The van der Waals surface area contributed by atoms with E-state index < -0.39 is 0 Å². The number of aromatic nitrogens is 2. The van der Waals surface area contributed by atoms with Crippen molar-refractivity contribution >= 4 is 0 Å². The van der Waals surface area contributed by atoms with Crippen LogP contribution in [-0.2, 0) is 6.54 Å². The zero-order valence-corrected chi connectivity index (χ0v) is 13.5. The molecule has 2 heterocycles. The summed E-state index contributed by atoms with van der Waals surface area (Å²) >= 11 is 0. The number of hydrogen-bond donors (Lipinski definition) is 1. The van der Waals surface area contributed by atoms with E-state index in [0.29, 0.717) is 0 Å². The Morgan fingerprint density at radius 1 is 1.27 bits per heavy atom. The molecule has 0 radical (unpaired) electrons. The molecule has 2 aromatic rings. The van der Waals surface area contributed by atoms with Crippen molar-refractivity contribution in [3.8, 4) is 5.69 Å². The van der Waals surface area contributed by atoms with Gasteiger partial charge in [-0.25, -0.2) is 4.98 Å². The first-order valence-electron chi connectivity index (χ1n) is 8.03. The largest absolute Gasteiger partial charge is 0.396 e. The van der Waals surface area contributed by atoms with Gasteiger partial charge >= 0.3 is 0 Å². The Kier molecular flexibility index (Phi) is 4.32. The lowest BCUT2D eigenvalue weighted by molar-refractivity contribution is 0.0421. The molecule has 1 aliphatic rings. The van der Waals surface area contributed by atoms with Crippen LogP contribution in [0.5, 0.6) is 0 Å². The van der Waals surface area contributed by atoms with Gasteiger partial charge < -0.3 is 5.11 Å². The summed E-state index contributed by atoms with van der Waals surface area (Å²) in [5.41, 5.74) is 2.41. The van der Waals surface area contributed by atoms with Gasteiger partial charge in [-0.3, -0.25) is 9.47 Å². The summed E-state index contributed by atoms with van der Waals surface area (Å²) in [6.45, 7) is 7.41. The minimum atomic E-state index is 0.0326. The Morgan fingerprint density at radius 3 is 2.77 bits per heavy atom. The van der Waals surface area contributed by atoms with E-state index in [9.17, 15) is 5.11 Å². The van der Waals surface area contributed by atoms with Gasteiger partial charge in [0.1, 0.15) is 5.82 Å². The van der Waals surface area contributed by atoms with Crippen molar-refractivity contribution in [2.24, 2.45) is 5.41 Å². The van der Waals surface area contributed by atoms with Crippen molar-refractivity contribution in [1.29, 1.82) is 0 Å². The van der Waals surface area contributed by atoms with Gasteiger partial charge in [0.05, 0.1) is 11.9 Å². The fourth-order valence-corrected chi connectivity index (χ4v) is 3.45. The van der Waals surface area contributed by atoms with Crippen LogP contribution < -0.4 is 0 Å². The second-order valence-corrected chi connectivity index (χ2v) is 6.75. The minimum Gasteiger partial charge on any atom is -0.396 e. The van der Waals surface area contributed by atoms with E-state index in [0.717, 1.165) is 44.0 Å². The first-order chi connectivity index (χ1) is 10.6. The maximum absolute atomic E-state index is 9.63. The molecule has 3 rings (SSSR count). The molecule has 0 saturated carbocycles. The lowest BCUT2D eigenvalue weighted by atomic mass is 9.83. The van der Waals surface area contributed by atoms with E-state index >= 15 is 0 Å². The van der Waals surface area contributed by atoms with Crippen molar-refractivity contribution in [3.63, 3.8) is 0 Å². The third-order valence-electron chi connectivity index (χ3n) is 4.65. The maximum Gasteiger partial charge on any atom is 0.110 e. The van der Waals surface area contributed by atoms with Gasteiger partial charge in [0.2, 0.25) is 0 Å². The van der Waals surface area contributed by atoms with Gasteiger partial charge in [-0.15, -0.1) is 0 Å². The molecule has 1 unspecified atom stereocenters. The summed E-state index contributed by atoms with van der Waals surface area (Å²) < 4.78 is 2.23. The summed E-state index contributed by atoms with van der Waals surface area (Å²) in [6.07, 6.45) is 4.24. The van der Waals surface area contributed by atoms with Crippen molar-refractivity contribution in [3.05, 3.63) is 48.0 Å². The zero-order valence-electron chi connectivity index (χ0n) is 13.5. The van der Waals surface area contributed by atoms with Crippen LogP contribution in [0.3, 0.4) is 0 Å². The molecular weight excluding hydrogens is 274 g/mol. The summed E-state index contributed by atoms with van der Waals surface area (Å²) in [6, 6.07) is 10.4. The average Bonchev–Trinajstić information content (AvgIpc) is 2.89. The van der Waals surface area contributed by atoms with Crippen molar-refractivity contribution in [2.45, 2.75) is 33.2 Å². The van der Waals surface area contributed by atoms with Gasteiger partial charge in [0.25, 0.3) is 0 Å². The molecule has 22 heavy (non-hydrogen) atoms. The predicted octanol–water partition coefficient (Wildman–Crippen LogP) is 2.78. The second-order valence-electron chi connectivity index (χ2n) is 6.75. The van der Waals surface area contributed by atoms with E-state index in [1.165, 1.54) is 5.69 Å². The molecule has 1 N–H and O–H groups in total. The number of aliphatic hydroxyl groups excluding tert-OH is 1. The molecule has 1 saturated heterocycles. The molecule has 0 amide bonds. The number of likely N-dealkylation sites (tertiary alicyclic amines) is 1. The highest BCUT2D eigenvalue weighted by Gasteiger charge is 2.30. The highest BCUT2D eigenvalue weighted by atomic mass is 16.3. The molecule has 1 atom stereocenters. The van der Waals surface area contributed by atoms with Gasteiger partial charge in [0, 0.05) is 30.8 Å². The fourth-order valence-electron chi connectivity index (χ4n) is 3.45. The Bertz CT molecular complexity index is 623. The van der Waals surface area contributed by atoms with Gasteiger partial charge in [-0.1, -0.05) is 25.1 Å². The Labute approximate surface area is 132 Å². The lowest BCUT2D eigenvalue weighted by Crippen LogP contribution is -2.43. The number of aryl methyl sites for hydroxylation is 1. The molecule has 0 spiro atoms. The number of imidazole rings is 1. The number of piperidine rings is 1. The number of hydrogen-bond acceptors (Lipinski definition) is 3. The van der Waals surface area contributed by atoms with E-state index in [1.54, 1.807) is 0 Å². The number of para-hydroxylation sites is 1. The minimum absolute atomic E-state index is 0.0326. The van der Waals surface area contributed by atoms with Crippen LogP contribution >= 0.6 is 0 Å². The molecule has 1 aromatic carbocycles. The van der Waals surface area contributed by atoms with Crippen LogP contribution in [0.1, 0.15) is 31.3 Å². The van der Waals surface area contributed by atoms with Gasteiger partial charge in [-0.05, 0) is 38.4 Å². The first kappa shape index (κ1) is 15.3. The third-order valence-corrected chi connectivity index (χ3v) is 4.65. The molecule has 1 fully saturated rings.